The van der Waals surface area contributed by atoms with Crippen molar-refractivity contribution in [1.82, 2.24) is 0 Å². The van der Waals surface area contributed by atoms with Crippen molar-refractivity contribution in [3.8, 4) is 17.2 Å². The van der Waals surface area contributed by atoms with E-state index in [4.69, 9.17) is 10.00 Å². The number of benzene rings is 2. The summed E-state index contributed by atoms with van der Waals surface area (Å²) in [5.74, 6) is -0.482. The van der Waals surface area contributed by atoms with Crippen LogP contribution in [0, 0.1) is 17.2 Å². The van der Waals surface area contributed by atoms with Gasteiger partial charge in [-0.2, -0.15) is 5.26 Å². The molecule has 0 saturated heterocycles. The third-order valence-electron chi connectivity index (χ3n) is 5.44. The van der Waals surface area contributed by atoms with Crippen LogP contribution in [0.2, 0.25) is 0 Å². The molecule has 0 aliphatic heterocycles. The highest BCUT2D eigenvalue weighted by molar-refractivity contribution is 5.90. The van der Waals surface area contributed by atoms with E-state index in [2.05, 4.69) is 31.2 Å². The standard InChI is InChI=1S/C27H35NO2/c1-4-5-6-7-8-9-10-11-22-12-14-23(15-13-22)24-16-18-25(19-17-24)27(29)30-26(20-28)21(2)3/h12-19,21,26H,4-11H2,1-3H3. The van der Waals surface area contributed by atoms with Gasteiger partial charge in [0.2, 0.25) is 0 Å². The van der Waals surface area contributed by atoms with Crippen LogP contribution in [0.15, 0.2) is 48.5 Å². The lowest BCUT2D eigenvalue weighted by molar-refractivity contribution is 0.0325. The molecule has 0 aromatic heterocycles. The molecule has 2 rings (SSSR count). The fourth-order valence-corrected chi connectivity index (χ4v) is 3.44. The molecule has 3 nitrogen and oxygen atoms in total. The highest BCUT2D eigenvalue weighted by atomic mass is 16.5. The van der Waals surface area contributed by atoms with E-state index in [9.17, 15) is 4.79 Å². The summed E-state index contributed by atoms with van der Waals surface area (Å²) in [4.78, 5) is 12.2. The Morgan fingerprint density at radius 2 is 1.40 bits per heavy atom. The van der Waals surface area contributed by atoms with Crippen molar-refractivity contribution in [3.05, 3.63) is 59.7 Å². The number of nitriles is 1. The van der Waals surface area contributed by atoms with Gasteiger partial charge >= 0.3 is 5.97 Å². The number of esters is 1. The van der Waals surface area contributed by atoms with Gasteiger partial charge in [0.05, 0.1) is 5.56 Å². The number of ether oxygens (including phenoxy) is 1. The molecule has 2 aromatic rings. The molecule has 0 fully saturated rings. The predicted molar refractivity (Wildman–Crippen MR) is 123 cm³/mol. The van der Waals surface area contributed by atoms with Crippen LogP contribution in [0.1, 0.15) is 81.6 Å². The third kappa shape index (κ3) is 7.67. The number of aryl methyl sites for hydroxylation is 1. The Morgan fingerprint density at radius 3 is 1.93 bits per heavy atom. The highest BCUT2D eigenvalue weighted by Gasteiger charge is 2.18. The lowest BCUT2D eigenvalue weighted by Gasteiger charge is -2.14. The zero-order valence-electron chi connectivity index (χ0n) is 18.7. The van der Waals surface area contributed by atoms with Crippen molar-refractivity contribution in [3.63, 3.8) is 0 Å². The lowest BCUT2D eigenvalue weighted by Crippen LogP contribution is -2.21. The van der Waals surface area contributed by atoms with Gasteiger partial charge in [-0.25, -0.2) is 4.79 Å². The number of rotatable bonds is 12. The van der Waals surface area contributed by atoms with Gasteiger partial charge in [0.1, 0.15) is 6.07 Å². The van der Waals surface area contributed by atoms with Crippen LogP contribution in [-0.2, 0) is 11.2 Å². The summed E-state index contributed by atoms with van der Waals surface area (Å²) in [5, 5.41) is 9.09. The Bertz CT molecular complexity index is 800. The minimum Gasteiger partial charge on any atom is -0.443 e. The van der Waals surface area contributed by atoms with E-state index >= 15 is 0 Å². The van der Waals surface area contributed by atoms with E-state index in [-0.39, 0.29) is 5.92 Å². The summed E-state index contributed by atoms with van der Waals surface area (Å²) in [6.45, 7) is 5.98. The minimum atomic E-state index is -0.721. The van der Waals surface area contributed by atoms with Crippen LogP contribution < -0.4 is 0 Å². The van der Waals surface area contributed by atoms with Crippen molar-refractivity contribution >= 4 is 5.97 Å². The maximum absolute atomic E-state index is 12.2. The number of unbranched alkanes of at least 4 members (excludes halogenated alkanes) is 6. The number of carbonyl (C=O) groups is 1. The van der Waals surface area contributed by atoms with Crippen molar-refractivity contribution in [1.29, 1.82) is 5.26 Å². The first-order chi connectivity index (χ1) is 14.5. The Balaban J connectivity index is 1.85. The normalized spacial score (nSPS) is 11.8. The summed E-state index contributed by atoms with van der Waals surface area (Å²) < 4.78 is 5.28. The van der Waals surface area contributed by atoms with Crippen LogP contribution in [-0.4, -0.2) is 12.1 Å². The summed E-state index contributed by atoms with van der Waals surface area (Å²) in [6, 6.07) is 18.1. The number of hydrogen-bond donors (Lipinski definition) is 0. The van der Waals surface area contributed by atoms with E-state index < -0.39 is 12.1 Å². The zero-order chi connectivity index (χ0) is 21.8. The number of hydrogen-bond acceptors (Lipinski definition) is 3. The molecule has 3 heteroatoms. The fourth-order valence-electron chi connectivity index (χ4n) is 3.44. The molecule has 0 heterocycles. The molecule has 0 saturated carbocycles. The first kappa shape index (κ1) is 23.7. The smallest absolute Gasteiger partial charge is 0.339 e. The number of nitrogens with zero attached hydrogens (tertiary/aromatic N) is 1. The molecule has 30 heavy (non-hydrogen) atoms. The second-order valence-corrected chi connectivity index (χ2v) is 8.34. The monoisotopic (exact) mass is 405 g/mol. The maximum atomic E-state index is 12.2. The molecule has 0 amide bonds. The lowest BCUT2D eigenvalue weighted by atomic mass is 10.00. The molecule has 2 aromatic carbocycles. The van der Waals surface area contributed by atoms with E-state index in [1.165, 1.54) is 50.5 Å². The Morgan fingerprint density at radius 1 is 0.867 bits per heavy atom. The quantitative estimate of drug-likeness (QED) is 0.274. The Kier molecular flexibility index (Phi) is 10.1. The van der Waals surface area contributed by atoms with Crippen LogP contribution in [0.4, 0.5) is 0 Å². The van der Waals surface area contributed by atoms with Gasteiger partial charge in [-0.3, -0.25) is 0 Å². The summed E-state index contributed by atoms with van der Waals surface area (Å²) in [7, 11) is 0. The largest absolute Gasteiger partial charge is 0.443 e. The summed E-state index contributed by atoms with van der Waals surface area (Å²) in [5.41, 5.74) is 4.05. The van der Waals surface area contributed by atoms with Crippen molar-refractivity contribution in [2.45, 2.75) is 78.2 Å². The predicted octanol–water partition coefficient (Wildman–Crippen LogP) is 7.35. The van der Waals surface area contributed by atoms with Crippen LogP contribution in [0.3, 0.4) is 0 Å². The Hall–Kier alpha value is -2.60. The zero-order valence-corrected chi connectivity index (χ0v) is 18.7. The van der Waals surface area contributed by atoms with Crippen molar-refractivity contribution in [2.24, 2.45) is 5.92 Å². The number of carbonyl (C=O) groups excluding carboxylic acids is 1. The first-order valence-corrected chi connectivity index (χ1v) is 11.3. The van der Waals surface area contributed by atoms with Crippen LogP contribution in [0.5, 0.6) is 0 Å². The maximum Gasteiger partial charge on any atom is 0.339 e. The molecular formula is C27H35NO2. The minimum absolute atomic E-state index is 0.0298. The van der Waals surface area contributed by atoms with Gasteiger partial charge in [0.15, 0.2) is 6.10 Å². The van der Waals surface area contributed by atoms with Gasteiger partial charge < -0.3 is 4.74 Å². The van der Waals surface area contributed by atoms with Crippen molar-refractivity contribution < 1.29 is 9.53 Å². The summed E-state index contributed by atoms with van der Waals surface area (Å²) in [6.07, 6.45) is 9.73. The average Bonchev–Trinajstić information content (AvgIpc) is 2.77. The molecule has 1 atom stereocenters. The molecular weight excluding hydrogens is 370 g/mol. The first-order valence-electron chi connectivity index (χ1n) is 11.3. The van der Waals surface area contributed by atoms with Crippen LogP contribution in [0.25, 0.3) is 11.1 Å². The molecule has 0 spiro atoms. The molecule has 1 unspecified atom stereocenters. The molecule has 0 aliphatic rings. The van der Waals surface area contributed by atoms with Gasteiger partial charge in [-0.15, -0.1) is 0 Å². The van der Waals surface area contributed by atoms with Gasteiger partial charge in [0.25, 0.3) is 0 Å². The molecule has 0 bridgehead atoms. The fraction of sp³-hybridized carbons (Fsp3) is 0.481. The van der Waals surface area contributed by atoms with Crippen LogP contribution >= 0.6 is 0 Å². The second kappa shape index (κ2) is 12.9. The second-order valence-electron chi connectivity index (χ2n) is 8.34. The molecule has 0 N–H and O–H groups in total. The van der Waals surface area contributed by atoms with E-state index in [0.29, 0.717) is 5.56 Å². The topological polar surface area (TPSA) is 50.1 Å². The molecule has 160 valence electrons. The summed E-state index contributed by atoms with van der Waals surface area (Å²) >= 11 is 0. The van der Waals surface area contributed by atoms with Gasteiger partial charge in [-0.05, 0) is 41.7 Å². The van der Waals surface area contributed by atoms with E-state index in [1.807, 2.05) is 32.0 Å². The Labute approximate surface area is 182 Å². The van der Waals surface area contributed by atoms with Gasteiger partial charge in [-0.1, -0.05) is 95.7 Å². The third-order valence-corrected chi connectivity index (χ3v) is 5.44. The van der Waals surface area contributed by atoms with E-state index in [1.54, 1.807) is 12.1 Å². The highest BCUT2D eigenvalue weighted by Crippen LogP contribution is 2.22. The van der Waals surface area contributed by atoms with Gasteiger partial charge in [0, 0.05) is 5.92 Å². The molecule has 0 aliphatic carbocycles. The van der Waals surface area contributed by atoms with Crippen molar-refractivity contribution in [2.75, 3.05) is 0 Å². The van der Waals surface area contributed by atoms with E-state index in [0.717, 1.165) is 17.5 Å². The SMILES string of the molecule is CCCCCCCCCc1ccc(-c2ccc(C(=O)OC(C#N)C(C)C)cc2)cc1. The average molecular weight is 406 g/mol. The molecule has 0 radical (unpaired) electrons.